The molecule has 0 saturated carbocycles. The van der Waals surface area contributed by atoms with Crippen LogP contribution in [0.4, 0.5) is 8.78 Å². The van der Waals surface area contributed by atoms with Crippen LogP contribution in [0.3, 0.4) is 0 Å². The van der Waals surface area contributed by atoms with Crippen molar-refractivity contribution in [2.45, 2.75) is 20.1 Å². The molecule has 2 N–H and O–H groups in total. The van der Waals surface area contributed by atoms with Crippen LogP contribution in [0.5, 0.6) is 11.5 Å². The SMILES string of the molecule is COc1cc(CNC(=O)CNC(=O)c2cccc(C)c2)ccc1OC(F)F. The molecule has 0 spiro atoms. The summed E-state index contributed by atoms with van der Waals surface area (Å²) in [6, 6.07) is 11.4. The maximum atomic E-state index is 12.3. The highest BCUT2D eigenvalue weighted by atomic mass is 19.3. The molecular weight excluding hydrogens is 358 g/mol. The minimum Gasteiger partial charge on any atom is -0.493 e. The molecule has 0 bridgehead atoms. The van der Waals surface area contributed by atoms with Gasteiger partial charge in [0.05, 0.1) is 13.7 Å². The lowest BCUT2D eigenvalue weighted by atomic mass is 10.1. The molecule has 0 aromatic heterocycles. The number of carbonyl (C=O) groups is 2. The van der Waals surface area contributed by atoms with Gasteiger partial charge in [-0.25, -0.2) is 0 Å². The van der Waals surface area contributed by atoms with Gasteiger partial charge >= 0.3 is 6.61 Å². The maximum Gasteiger partial charge on any atom is 0.387 e. The third-order valence-corrected chi connectivity index (χ3v) is 3.62. The minimum atomic E-state index is -2.96. The van der Waals surface area contributed by atoms with E-state index in [4.69, 9.17) is 4.74 Å². The van der Waals surface area contributed by atoms with E-state index < -0.39 is 6.61 Å². The van der Waals surface area contributed by atoms with Gasteiger partial charge in [0.25, 0.3) is 5.91 Å². The number of hydrogen-bond donors (Lipinski definition) is 2. The number of amides is 2. The first kappa shape index (κ1) is 20.2. The average molecular weight is 378 g/mol. The third-order valence-electron chi connectivity index (χ3n) is 3.62. The Labute approximate surface area is 155 Å². The molecule has 27 heavy (non-hydrogen) atoms. The molecule has 0 fully saturated rings. The molecule has 0 aliphatic carbocycles. The number of hydrogen-bond acceptors (Lipinski definition) is 4. The number of halogens is 2. The second-order valence-electron chi connectivity index (χ2n) is 5.69. The smallest absolute Gasteiger partial charge is 0.387 e. The van der Waals surface area contributed by atoms with Gasteiger partial charge in [0.15, 0.2) is 11.5 Å². The Morgan fingerprint density at radius 2 is 1.85 bits per heavy atom. The Kier molecular flexibility index (Phi) is 7.10. The number of benzene rings is 2. The van der Waals surface area contributed by atoms with E-state index >= 15 is 0 Å². The van der Waals surface area contributed by atoms with Gasteiger partial charge in [0, 0.05) is 12.1 Å². The van der Waals surface area contributed by atoms with Crippen LogP contribution in [0.1, 0.15) is 21.5 Å². The predicted molar refractivity (Wildman–Crippen MR) is 95.0 cm³/mol. The Morgan fingerprint density at radius 1 is 1.07 bits per heavy atom. The summed E-state index contributed by atoms with van der Waals surface area (Å²) in [6.07, 6.45) is 0. The fourth-order valence-corrected chi connectivity index (χ4v) is 2.33. The lowest BCUT2D eigenvalue weighted by Gasteiger charge is -2.12. The standard InChI is InChI=1S/C19H20F2N2O4/c1-12-4-3-5-14(8-12)18(25)23-11-17(24)22-10-13-6-7-15(27-19(20)21)16(9-13)26-2/h3-9,19H,10-11H2,1-2H3,(H,22,24)(H,23,25). The van der Waals surface area contributed by atoms with Gasteiger partial charge < -0.3 is 20.1 Å². The van der Waals surface area contributed by atoms with Crippen molar-refractivity contribution in [3.63, 3.8) is 0 Å². The zero-order valence-electron chi connectivity index (χ0n) is 14.9. The number of carbonyl (C=O) groups excluding carboxylic acids is 2. The Balaban J connectivity index is 1.85. The number of nitrogens with one attached hydrogen (secondary N) is 2. The Bertz CT molecular complexity index is 812. The van der Waals surface area contributed by atoms with Crippen molar-refractivity contribution in [3.8, 4) is 11.5 Å². The number of ether oxygens (including phenoxy) is 2. The fraction of sp³-hybridized carbons (Fsp3) is 0.263. The molecule has 2 aromatic carbocycles. The summed E-state index contributed by atoms with van der Waals surface area (Å²) in [5, 5.41) is 5.17. The van der Waals surface area contributed by atoms with Crippen LogP contribution >= 0.6 is 0 Å². The molecule has 0 radical (unpaired) electrons. The molecule has 144 valence electrons. The van der Waals surface area contributed by atoms with Crippen molar-refractivity contribution in [2.75, 3.05) is 13.7 Å². The molecule has 0 aliphatic heterocycles. The first-order chi connectivity index (χ1) is 12.9. The van der Waals surface area contributed by atoms with Gasteiger partial charge in [-0.1, -0.05) is 23.8 Å². The lowest BCUT2D eigenvalue weighted by molar-refractivity contribution is -0.120. The van der Waals surface area contributed by atoms with E-state index in [1.807, 2.05) is 13.0 Å². The van der Waals surface area contributed by atoms with E-state index in [0.29, 0.717) is 11.1 Å². The number of methoxy groups -OCH3 is 1. The van der Waals surface area contributed by atoms with Crippen molar-refractivity contribution in [3.05, 3.63) is 59.2 Å². The lowest BCUT2D eigenvalue weighted by Crippen LogP contribution is -2.36. The Morgan fingerprint density at radius 3 is 2.52 bits per heavy atom. The van der Waals surface area contributed by atoms with Crippen molar-refractivity contribution in [2.24, 2.45) is 0 Å². The summed E-state index contributed by atoms with van der Waals surface area (Å²) in [5.41, 5.74) is 2.05. The summed E-state index contributed by atoms with van der Waals surface area (Å²) in [5.74, 6) is -0.685. The largest absolute Gasteiger partial charge is 0.493 e. The minimum absolute atomic E-state index is 0.0898. The second-order valence-corrected chi connectivity index (χ2v) is 5.69. The molecule has 0 saturated heterocycles. The van der Waals surface area contributed by atoms with Crippen molar-refractivity contribution in [1.82, 2.24) is 10.6 Å². The van der Waals surface area contributed by atoms with E-state index in [0.717, 1.165) is 5.56 Å². The van der Waals surface area contributed by atoms with E-state index in [2.05, 4.69) is 15.4 Å². The Hall–Kier alpha value is -3.16. The molecule has 0 aliphatic rings. The van der Waals surface area contributed by atoms with Crippen molar-refractivity contribution >= 4 is 11.8 Å². The zero-order valence-corrected chi connectivity index (χ0v) is 14.9. The summed E-state index contributed by atoms with van der Waals surface area (Å²) in [6.45, 7) is -1.13. The molecule has 0 unspecified atom stereocenters. The van der Waals surface area contributed by atoms with Crippen LogP contribution in [0.25, 0.3) is 0 Å². The first-order valence-corrected chi connectivity index (χ1v) is 8.12. The van der Waals surface area contributed by atoms with Gasteiger partial charge in [-0.05, 0) is 36.8 Å². The highest BCUT2D eigenvalue weighted by Crippen LogP contribution is 2.29. The van der Waals surface area contributed by atoms with Crippen LogP contribution in [-0.2, 0) is 11.3 Å². The van der Waals surface area contributed by atoms with Gasteiger partial charge in [-0.15, -0.1) is 0 Å². The van der Waals surface area contributed by atoms with E-state index in [1.165, 1.54) is 25.3 Å². The zero-order chi connectivity index (χ0) is 19.8. The molecule has 2 rings (SSSR count). The van der Waals surface area contributed by atoms with Crippen LogP contribution in [-0.4, -0.2) is 32.1 Å². The average Bonchev–Trinajstić information content (AvgIpc) is 2.64. The molecular formula is C19H20F2N2O4. The van der Waals surface area contributed by atoms with Gasteiger partial charge in [0.1, 0.15) is 0 Å². The quantitative estimate of drug-likeness (QED) is 0.741. The van der Waals surface area contributed by atoms with Crippen LogP contribution < -0.4 is 20.1 Å². The van der Waals surface area contributed by atoms with Gasteiger partial charge in [-0.3, -0.25) is 9.59 Å². The maximum absolute atomic E-state index is 12.3. The third kappa shape index (κ3) is 6.25. The van der Waals surface area contributed by atoms with Crippen molar-refractivity contribution < 1.29 is 27.8 Å². The number of alkyl halides is 2. The van der Waals surface area contributed by atoms with E-state index in [-0.39, 0.29) is 36.4 Å². The highest BCUT2D eigenvalue weighted by Gasteiger charge is 2.12. The van der Waals surface area contributed by atoms with Gasteiger partial charge in [-0.2, -0.15) is 8.78 Å². The summed E-state index contributed by atoms with van der Waals surface area (Å²) in [4.78, 5) is 23.9. The summed E-state index contributed by atoms with van der Waals surface area (Å²) < 4.78 is 34.0. The molecule has 2 aromatic rings. The number of aryl methyl sites for hydroxylation is 1. The highest BCUT2D eigenvalue weighted by molar-refractivity contribution is 5.96. The predicted octanol–water partition coefficient (Wildman–Crippen LogP) is 2.65. The molecule has 6 nitrogen and oxygen atoms in total. The normalized spacial score (nSPS) is 10.4. The topological polar surface area (TPSA) is 76.7 Å². The monoisotopic (exact) mass is 378 g/mol. The van der Waals surface area contributed by atoms with Crippen LogP contribution in [0.2, 0.25) is 0 Å². The molecule has 2 amide bonds. The van der Waals surface area contributed by atoms with Crippen LogP contribution in [0.15, 0.2) is 42.5 Å². The second kappa shape index (κ2) is 9.51. The van der Waals surface area contributed by atoms with Crippen LogP contribution in [0, 0.1) is 6.92 Å². The van der Waals surface area contributed by atoms with E-state index in [9.17, 15) is 18.4 Å². The molecule has 0 atom stereocenters. The first-order valence-electron chi connectivity index (χ1n) is 8.12. The van der Waals surface area contributed by atoms with Crippen molar-refractivity contribution in [1.29, 1.82) is 0 Å². The van der Waals surface area contributed by atoms with E-state index in [1.54, 1.807) is 18.2 Å². The number of rotatable bonds is 8. The summed E-state index contributed by atoms with van der Waals surface area (Å²) >= 11 is 0. The molecule has 0 heterocycles. The summed E-state index contributed by atoms with van der Waals surface area (Å²) in [7, 11) is 1.33. The fourth-order valence-electron chi connectivity index (χ4n) is 2.33. The van der Waals surface area contributed by atoms with Gasteiger partial charge in [0.2, 0.25) is 5.91 Å². The molecule has 8 heteroatoms.